The molecular weight excluding hydrogens is 394 g/mol. The van der Waals surface area contributed by atoms with Gasteiger partial charge >= 0.3 is 0 Å². The maximum Gasteiger partial charge on any atom is 0.234 e. The van der Waals surface area contributed by atoms with Crippen LogP contribution in [-0.2, 0) is 6.54 Å². The summed E-state index contributed by atoms with van der Waals surface area (Å²) >= 11 is 2.77. The van der Waals surface area contributed by atoms with Gasteiger partial charge in [-0.25, -0.2) is 0 Å². The molecule has 0 spiro atoms. The number of ether oxygens (including phenoxy) is 1. The van der Waals surface area contributed by atoms with Gasteiger partial charge in [0.1, 0.15) is 10.8 Å². The largest absolute Gasteiger partial charge is 0.497 e. The van der Waals surface area contributed by atoms with E-state index in [4.69, 9.17) is 4.74 Å². The lowest BCUT2D eigenvalue weighted by atomic mass is 10.1. The number of aliphatic imine (C=N–C) groups is 1. The van der Waals surface area contributed by atoms with Gasteiger partial charge in [0.15, 0.2) is 4.80 Å². The third kappa shape index (κ3) is 3.41. The number of benzene rings is 1. The minimum Gasteiger partial charge on any atom is -0.497 e. The first kappa shape index (κ1) is 18.3. The van der Waals surface area contributed by atoms with Crippen LogP contribution in [0, 0.1) is 6.92 Å². The summed E-state index contributed by atoms with van der Waals surface area (Å²) in [6, 6.07) is 5.74. The van der Waals surface area contributed by atoms with Crippen molar-refractivity contribution < 1.29 is 9.84 Å². The minimum absolute atomic E-state index is 0.132. The summed E-state index contributed by atoms with van der Waals surface area (Å²) in [5.74, 6) is 0.890. The van der Waals surface area contributed by atoms with Gasteiger partial charge < -0.3 is 9.84 Å². The molecule has 28 heavy (non-hydrogen) atoms. The number of aryl methyl sites for hydroxylation is 1. The molecule has 1 N–H and O–H groups in total. The number of aromatic nitrogens is 3. The summed E-state index contributed by atoms with van der Waals surface area (Å²) in [6.07, 6.45) is 5.41. The molecule has 7 nitrogen and oxygen atoms in total. The Hall–Kier alpha value is -3.04. The van der Waals surface area contributed by atoms with E-state index in [9.17, 15) is 5.11 Å². The van der Waals surface area contributed by atoms with E-state index in [0.717, 1.165) is 27.6 Å². The van der Waals surface area contributed by atoms with E-state index in [0.29, 0.717) is 21.4 Å². The maximum atomic E-state index is 10.7. The highest BCUT2D eigenvalue weighted by atomic mass is 32.1. The first-order valence-corrected chi connectivity index (χ1v) is 10.0. The molecule has 0 saturated heterocycles. The molecular formula is C19H17N5O2S2. The van der Waals surface area contributed by atoms with E-state index in [1.165, 1.54) is 22.7 Å². The zero-order valence-corrected chi connectivity index (χ0v) is 16.9. The molecule has 3 aromatic rings. The Morgan fingerprint density at radius 3 is 2.89 bits per heavy atom. The number of nitrogens with zero attached hydrogens (tertiary/aromatic N) is 5. The first-order chi connectivity index (χ1) is 13.6. The van der Waals surface area contributed by atoms with Crippen LogP contribution in [0.4, 0.5) is 10.8 Å². The van der Waals surface area contributed by atoms with Crippen LogP contribution in [0.25, 0.3) is 11.6 Å². The number of hydrogen-bond donors (Lipinski definition) is 1. The van der Waals surface area contributed by atoms with E-state index in [2.05, 4.69) is 26.8 Å². The zero-order valence-electron chi connectivity index (χ0n) is 15.3. The molecule has 2 aromatic heterocycles. The second-order valence-corrected chi connectivity index (χ2v) is 8.10. The van der Waals surface area contributed by atoms with E-state index in [-0.39, 0.29) is 5.88 Å². The summed E-state index contributed by atoms with van der Waals surface area (Å²) in [4.78, 5) is 10.3. The van der Waals surface area contributed by atoms with Crippen LogP contribution in [0.2, 0.25) is 0 Å². The Kier molecular flexibility index (Phi) is 4.93. The van der Waals surface area contributed by atoms with Crippen LogP contribution >= 0.6 is 22.7 Å². The topological polar surface area (TPSA) is 84.9 Å². The first-order valence-electron chi connectivity index (χ1n) is 8.41. The lowest BCUT2D eigenvalue weighted by Crippen LogP contribution is -2.12. The lowest BCUT2D eigenvalue weighted by molar-refractivity contribution is 0.415. The summed E-state index contributed by atoms with van der Waals surface area (Å²) < 4.78 is 6.95. The lowest BCUT2D eigenvalue weighted by Gasteiger charge is -2.03. The third-order valence-corrected chi connectivity index (χ3v) is 5.82. The Morgan fingerprint density at radius 1 is 1.32 bits per heavy atom. The van der Waals surface area contributed by atoms with Gasteiger partial charge in [0.25, 0.3) is 0 Å². The van der Waals surface area contributed by atoms with Gasteiger partial charge in [-0.05, 0) is 25.1 Å². The van der Waals surface area contributed by atoms with Crippen molar-refractivity contribution in [3.8, 4) is 11.6 Å². The molecule has 1 aromatic carbocycles. The van der Waals surface area contributed by atoms with Gasteiger partial charge in [0.05, 0.1) is 17.7 Å². The second kappa shape index (κ2) is 7.53. The normalized spacial score (nSPS) is 14.6. The van der Waals surface area contributed by atoms with Crippen LogP contribution in [0.1, 0.15) is 15.4 Å². The van der Waals surface area contributed by atoms with Crippen LogP contribution < -0.4 is 9.54 Å². The standard InChI is InChI=1S/C19H17N5O2S2/c1-4-7-24-17(25)16(28-19(24)21-18-23-22-11(2)27-18)8-12-10-20-15-9-13(26-3)5-6-14(12)15/h4-6,8-10,25H,1,7H2,2-3H3. The highest BCUT2D eigenvalue weighted by Crippen LogP contribution is 2.36. The highest BCUT2D eigenvalue weighted by molar-refractivity contribution is 7.15. The molecule has 0 atom stereocenters. The third-order valence-electron chi connectivity index (χ3n) is 4.07. The molecule has 0 unspecified atom stereocenters. The van der Waals surface area contributed by atoms with E-state index in [1.54, 1.807) is 24.0 Å². The molecule has 4 rings (SSSR count). The quantitative estimate of drug-likeness (QED) is 0.641. The second-order valence-electron chi connectivity index (χ2n) is 5.93. The highest BCUT2D eigenvalue weighted by Gasteiger charge is 2.16. The molecule has 0 aliphatic carbocycles. The van der Waals surface area contributed by atoms with Crippen LogP contribution in [0.3, 0.4) is 0 Å². The Morgan fingerprint density at radius 2 is 2.18 bits per heavy atom. The smallest absolute Gasteiger partial charge is 0.234 e. The predicted molar refractivity (Wildman–Crippen MR) is 113 cm³/mol. The fourth-order valence-corrected chi connectivity index (χ4v) is 4.37. The van der Waals surface area contributed by atoms with Crippen molar-refractivity contribution in [2.75, 3.05) is 7.11 Å². The SMILES string of the molecule is C=CCn1c(O)c(C=C2C=Nc3cc(OC)ccc32)sc1=Nc1nnc(C)s1. The Labute approximate surface area is 169 Å². The molecule has 1 aliphatic rings. The van der Waals surface area contributed by atoms with Crippen molar-refractivity contribution in [2.24, 2.45) is 9.98 Å². The summed E-state index contributed by atoms with van der Waals surface area (Å²) in [5.41, 5.74) is 2.75. The number of methoxy groups -OCH3 is 1. The minimum atomic E-state index is 0.132. The summed E-state index contributed by atoms with van der Waals surface area (Å²) in [5, 5.41) is 20.2. The maximum absolute atomic E-state index is 10.7. The monoisotopic (exact) mass is 411 g/mol. The van der Waals surface area contributed by atoms with E-state index < -0.39 is 0 Å². The van der Waals surface area contributed by atoms with Crippen LogP contribution in [0.5, 0.6) is 11.6 Å². The zero-order chi connectivity index (χ0) is 19.7. The molecule has 0 radical (unpaired) electrons. The van der Waals surface area contributed by atoms with Gasteiger partial charge in [-0.2, -0.15) is 4.99 Å². The number of rotatable bonds is 5. The molecule has 0 bridgehead atoms. The van der Waals surface area contributed by atoms with Gasteiger partial charge in [0, 0.05) is 30.0 Å². The molecule has 142 valence electrons. The molecule has 0 fully saturated rings. The number of allylic oxidation sites excluding steroid dienone is 2. The fourth-order valence-electron chi connectivity index (χ4n) is 2.76. The number of aromatic hydroxyl groups is 1. The average Bonchev–Trinajstić information content (AvgIpc) is 3.36. The summed E-state index contributed by atoms with van der Waals surface area (Å²) in [6.45, 7) is 6.08. The fraction of sp³-hybridized carbons (Fsp3) is 0.158. The van der Waals surface area contributed by atoms with Crippen molar-refractivity contribution in [1.29, 1.82) is 0 Å². The number of thiazole rings is 1. The average molecular weight is 412 g/mol. The molecule has 0 saturated carbocycles. The number of fused-ring (bicyclic) bond motifs is 1. The van der Waals surface area contributed by atoms with Crippen molar-refractivity contribution in [3.63, 3.8) is 0 Å². The van der Waals surface area contributed by atoms with Gasteiger partial charge in [-0.3, -0.25) is 9.56 Å². The van der Waals surface area contributed by atoms with Crippen molar-refractivity contribution in [2.45, 2.75) is 13.5 Å². The van der Waals surface area contributed by atoms with E-state index >= 15 is 0 Å². The van der Waals surface area contributed by atoms with Crippen LogP contribution in [-0.4, -0.2) is 33.2 Å². The van der Waals surface area contributed by atoms with Gasteiger partial charge in [0.2, 0.25) is 11.0 Å². The Bertz CT molecular complexity index is 1180. The molecule has 1 aliphatic heterocycles. The molecule has 9 heteroatoms. The van der Waals surface area contributed by atoms with Crippen LogP contribution in [0.15, 0.2) is 40.8 Å². The molecule has 3 heterocycles. The predicted octanol–water partition coefficient (Wildman–Crippen LogP) is 4.10. The number of hydrogen-bond acceptors (Lipinski definition) is 8. The summed E-state index contributed by atoms with van der Waals surface area (Å²) in [7, 11) is 1.63. The molecule has 0 amide bonds. The van der Waals surface area contributed by atoms with Crippen molar-refractivity contribution in [1.82, 2.24) is 14.8 Å². The van der Waals surface area contributed by atoms with Gasteiger partial charge in [-0.1, -0.05) is 28.7 Å². The van der Waals surface area contributed by atoms with E-state index in [1.807, 2.05) is 31.2 Å². The Balaban J connectivity index is 1.79. The van der Waals surface area contributed by atoms with Crippen molar-refractivity contribution >= 4 is 51.4 Å². The van der Waals surface area contributed by atoms with Gasteiger partial charge in [-0.15, -0.1) is 16.8 Å². The van der Waals surface area contributed by atoms with Crippen molar-refractivity contribution in [3.05, 3.63) is 51.1 Å².